The molecule has 0 aromatic heterocycles. The number of aromatic carboxylic acids is 2. The van der Waals surface area contributed by atoms with E-state index in [1.54, 1.807) is 6.92 Å². The Balaban J connectivity index is 0.000000459. The topological polar surface area (TPSA) is 112 Å². The number of hydrogen-bond donors (Lipinski definition) is 3. The molecule has 104 valence electrons. The van der Waals surface area contributed by atoms with E-state index in [1.165, 1.54) is 12.1 Å². The van der Waals surface area contributed by atoms with Gasteiger partial charge in [0.1, 0.15) is 0 Å². The highest BCUT2D eigenvalue weighted by Crippen LogP contribution is 2.11. The first kappa shape index (κ1) is 16.6. The van der Waals surface area contributed by atoms with Gasteiger partial charge in [0.2, 0.25) is 0 Å². The van der Waals surface area contributed by atoms with Crippen molar-refractivity contribution < 1.29 is 29.7 Å². The first-order valence-electron chi connectivity index (χ1n) is 5.58. The number of aryl methyl sites for hydroxylation is 1. The maximum Gasteiger partial charge on any atom is 0.335 e. The summed E-state index contributed by atoms with van der Waals surface area (Å²) >= 11 is 0. The molecule has 6 heteroatoms. The van der Waals surface area contributed by atoms with E-state index in [4.69, 9.17) is 15.3 Å². The second-order valence-electron chi connectivity index (χ2n) is 3.78. The SMILES string of the molecule is CCCC(=O)O.Cc1ccc(C(=O)O)cc1C(=O)O. The molecule has 0 aliphatic carbocycles. The van der Waals surface area contributed by atoms with Crippen LogP contribution in [0, 0.1) is 6.92 Å². The van der Waals surface area contributed by atoms with Crippen LogP contribution in [0.2, 0.25) is 0 Å². The molecule has 0 unspecified atom stereocenters. The Bertz CT molecular complexity index is 478. The van der Waals surface area contributed by atoms with Crippen LogP contribution < -0.4 is 0 Å². The van der Waals surface area contributed by atoms with Crippen molar-refractivity contribution in [2.45, 2.75) is 26.7 Å². The predicted molar refractivity (Wildman–Crippen MR) is 67.6 cm³/mol. The molecule has 0 saturated heterocycles. The fourth-order valence-corrected chi connectivity index (χ4v) is 1.20. The lowest BCUT2D eigenvalue weighted by Gasteiger charge is -2.01. The van der Waals surface area contributed by atoms with Crippen molar-refractivity contribution in [3.63, 3.8) is 0 Å². The van der Waals surface area contributed by atoms with Crippen LogP contribution >= 0.6 is 0 Å². The van der Waals surface area contributed by atoms with E-state index in [0.29, 0.717) is 12.0 Å². The van der Waals surface area contributed by atoms with Gasteiger partial charge < -0.3 is 15.3 Å². The zero-order valence-electron chi connectivity index (χ0n) is 10.7. The largest absolute Gasteiger partial charge is 0.481 e. The Morgan fingerprint density at radius 1 is 1.05 bits per heavy atom. The monoisotopic (exact) mass is 268 g/mol. The van der Waals surface area contributed by atoms with Gasteiger partial charge in [-0.1, -0.05) is 13.0 Å². The van der Waals surface area contributed by atoms with Gasteiger partial charge >= 0.3 is 17.9 Å². The molecule has 0 radical (unpaired) electrons. The standard InChI is InChI=1S/C9H8O4.C4H8O2/c1-5-2-3-6(8(10)11)4-7(5)9(12)13;1-2-3-4(5)6/h2-4H,1H3,(H,10,11)(H,12,13);2-3H2,1H3,(H,5,6). The third kappa shape index (κ3) is 6.21. The van der Waals surface area contributed by atoms with E-state index in [0.717, 1.165) is 12.5 Å². The minimum atomic E-state index is -1.12. The van der Waals surface area contributed by atoms with Gasteiger partial charge in [-0.3, -0.25) is 4.79 Å². The summed E-state index contributed by atoms with van der Waals surface area (Å²) in [4.78, 5) is 30.7. The van der Waals surface area contributed by atoms with Crippen LogP contribution in [-0.4, -0.2) is 33.2 Å². The number of carboxylic acids is 3. The fourth-order valence-electron chi connectivity index (χ4n) is 1.20. The van der Waals surface area contributed by atoms with Crippen molar-refractivity contribution >= 4 is 17.9 Å². The van der Waals surface area contributed by atoms with E-state index in [9.17, 15) is 14.4 Å². The second kappa shape index (κ2) is 7.86. The molecule has 0 heterocycles. The Labute approximate surface area is 110 Å². The summed E-state index contributed by atoms with van der Waals surface area (Å²) in [5.74, 6) is -2.94. The summed E-state index contributed by atoms with van der Waals surface area (Å²) in [6.07, 6.45) is 1.02. The zero-order valence-corrected chi connectivity index (χ0v) is 10.7. The Morgan fingerprint density at radius 2 is 1.63 bits per heavy atom. The lowest BCUT2D eigenvalue weighted by Crippen LogP contribution is -2.03. The number of rotatable bonds is 4. The summed E-state index contributed by atoms with van der Waals surface area (Å²) in [7, 11) is 0. The van der Waals surface area contributed by atoms with E-state index < -0.39 is 17.9 Å². The number of hydrogen-bond acceptors (Lipinski definition) is 3. The third-order valence-corrected chi connectivity index (χ3v) is 2.18. The van der Waals surface area contributed by atoms with Crippen LogP contribution in [-0.2, 0) is 4.79 Å². The van der Waals surface area contributed by atoms with Crippen molar-refractivity contribution in [2.24, 2.45) is 0 Å². The molecule has 19 heavy (non-hydrogen) atoms. The summed E-state index contributed by atoms with van der Waals surface area (Å²) in [6, 6.07) is 4.01. The first-order valence-corrected chi connectivity index (χ1v) is 5.58. The maximum absolute atomic E-state index is 10.6. The van der Waals surface area contributed by atoms with Gasteiger partial charge in [0.25, 0.3) is 0 Å². The molecule has 0 aliphatic heterocycles. The molecule has 0 spiro atoms. The van der Waals surface area contributed by atoms with Crippen molar-refractivity contribution in [1.82, 2.24) is 0 Å². The van der Waals surface area contributed by atoms with Crippen LogP contribution in [0.15, 0.2) is 18.2 Å². The lowest BCUT2D eigenvalue weighted by molar-refractivity contribution is -0.137. The van der Waals surface area contributed by atoms with Crippen molar-refractivity contribution in [2.75, 3.05) is 0 Å². The average Bonchev–Trinajstić information content (AvgIpc) is 2.29. The molecule has 1 aromatic carbocycles. The highest BCUT2D eigenvalue weighted by Gasteiger charge is 2.10. The van der Waals surface area contributed by atoms with Gasteiger partial charge in [0, 0.05) is 6.42 Å². The highest BCUT2D eigenvalue weighted by molar-refractivity contribution is 5.94. The first-order chi connectivity index (χ1) is 8.79. The van der Waals surface area contributed by atoms with E-state index in [2.05, 4.69) is 0 Å². The third-order valence-electron chi connectivity index (χ3n) is 2.18. The van der Waals surface area contributed by atoms with Gasteiger partial charge in [-0.2, -0.15) is 0 Å². The quantitative estimate of drug-likeness (QED) is 0.772. The van der Waals surface area contributed by atoms with Crippen LogP contribution in [0.25, 0.3) is 0 Å². The molecular weight excluding hydrogens is 252 g/mol. The molecule has 0 saturated carbocycles. The van der Waals surface area contributed by atoms with Gasteiger partial charge in [-0.25, -0.2) is 9.59 Å². The average molecular weight is 268 g/mol. The summed E-state index contributed by atoms with van der Waals surface area (Å²) in [5, 5.41) is 25.2. The number of carbonyl (C=O) groups is 3. The summed E-state index contributed by atoms with van der Waals surface area (Å²) < 4.78 is 0. The van der Waals surface area contributed by atoms with E-state index in [1.807, 2.05) is 6.92 Å². The molecule has 0 amide bonds. The smallest absolute Gasteiger partial charge is 0.335 e. The summed E-state index contributed by atoms with van der Waals surface area (Å²) in [6.45, 7) is 3.46. The zero-order chi connectivity index (χ0) is 15.0. The van der Waals surface area contributed by atoms with Gasteiger partial charge in [-0.05, 0) is 31.0 Å². The highest BCUT2D eigenvalue weighted by atomic mass is 16.4. The van der Waals surface area contributed by atoms with E-state index >= 15 is 0 Å². The lowest BCUT2D eigenvalue weighted by atomic mass is 10.1. The Kier molecular flexibility index (Phi) is 6.88. The van der Waals surface area contributed by atoms with Crippen LogP contribution in [0.1, 0.15) is 46.0 Å². The number of aliphatic carboxylic acids is 1. The number of benzene rings is 1. The molecule has 3 N–H and O–H groups in total. The van der Waals surface area contributed by atoms with Crippen molar-refractivity contribution in [3.05, 3.63) is 34.9 Å². The van der Waals surface area contributed by atoms with E-state index in [-0.39, 0.29) is 11.1 Å². The fraction of sp³-hybridized carbons (Fsp3) is 0.308. The Morgan fingerprint density at radius 3 is 1.95 bits per heavy atom. The number of carboxylic acid groups (broad SMARTS) is 3. The van der Waals surface area contributed by atoms with Crippen LogP contribution in [0.4, 0.5) is 0 Å². The molecular formula is C13H16O6. The van der Waals surface area contributed by atoms with Crippen molar-refractivity contribution in [3.8, 4) is 0 Å². The minimum absolute atomic E-state index is 0.0111. The predicted octanol–water partition coefficient (Wildman–Crippen LogP) is 2.26. The van der Waals surface area contributed by atoms with Crippen LogP contribution in [0.5, 0.6) is 0 Å². The van der Waals surface area contributed by atoms with Gasteiger partial charge in [0.05, 0.1) is 11.1 Å². The Hall–Kier alpha value is -2.37. The molecule has 1 aromatic rings. The van der Waals surface area contributed by atoms with Gasteiger partial charge in [0.15, 0.2) is 0 Å². The molecule has 6 nitrogen and oxygen atoms in total. The van der Waals surface area contributed by atoms with Gasteiger partial charge in [-0.15, -0.1) is 0 Å². The summed E-state index contributed by atoms with van der Waals surface area (Å²) in [5.41, 5.74) is 0.570. The molecule has 0 fully saturated rings. The molecule has 0 atom stereocenters. The maximum atomic E-state index is 10.6. The molecule has 1 rings (SSSR count). The van der Waals surface area contributed by atoms with Crippen molar-refractivity contribution in [1.29, 1.82) is 0 Å². The van der Waals surface area contributed by atoms with Crippen LogP contribution in [0.3, 0.4) is 0 Å². The normalized spacial score (nSPS) is 9.16. The molecule has 0 bridgehead atoms. The second-order valence-corrected chi connectivity index (χ2v) is 3.78. The minimum Gasteiger partial charge on any atom is -0.481 e. The molecule has 0 aliphatic rings.